The van der Waals surface area contributed by atoms with Gasteiger partial charge in [0.1, 0.15) is 5.82 Å². The van der Waals surface area contributed by atoms with E-state index in [-0.39, 0.29) is 5.82 Å². The lowest BCUT2D eigenvalue weighted by Crippen LogP contribution is -2.55. The van der Waals surface area contributed by atoms with E-state index in [9.17, 15) is 4.39 Å². The summed E-state index contributed by atoms with van der Waals surface area (Å²) in [5, 5.41) is 3.44. The van der Waals surface area contributed by atoms with Gasteiger partial charge >= 0.3 is 0 Å². The lowest BCUT2D eigenvalue weighted by molar-refractivity contribution is 0.0138. The quantitative estimate of drug-likeness (QED) is 0.781. The summed E-state index contributed by atoms with van der Waals surface area (Å²) in [6.45, 7) is 2.23. The van der Waals surface area contributed by atoms with E-state index in [1.54, 1.807) is 12.1 Å². The van der Waals surface area contributed by atoms with E-state index in [2.05, 4.69) is 5.32 Å². The number of benzene rings is 1. The molecule has 2 heteroatoms. The van der Waals surface area contributed by atoms with Crippen LogP contribution in [0.2, 0.25) is 0 Å². The summed E-state index contributed by atoms with van der Waals surface area (Å²) in [7, 11) is 0. The molecule has 1 N–H and O–H groups in total. The average Bonchev–Trinajstić information content (AvgIpc) is 2.21. The zero-order valence-corrected chi connectivity index (χ0v) is 8.80. The normalized spacial score (nSPS) is 33.5. The summed E-state index contributed by atoms with van der Waals surface area (Å²) < 4.78 is 13.5. The molecule has 2 aliphatic heterocycles. The molecule has 3 aliphatic rings. The van der Waals surface area contributed by atoms with E-state index < -0.39 is 0 Å². The molecule has 2 saturated heterocycles. The molecule has 0 spiro atoms. The van der Waals surface area contributed by atoms with Crippen molar-refractivity contribution in [3.8, 4) is 0 Å². The fourth-order valence-corrected chi connectivity index (χ4v) is 3.25. The summed E-state index contributed by atoms with van der Waals surface area (Å²) >= 11 is 0. The largest absolute Gasteiger partial charge is 0.316 e. The molecular weight excluding hydrogens is 189 g/mol. The third-order valence-electron chi connectivity index (χ3n) is 3.90. The Balaban J connectivity index is 1.78. The molecule has 1 aromatic rings. The minimum atomic E-state index is -0.0408. The van der Waals surface area contributed by atoms with Gasteiger partial charge in [-0.05, 0) is 48.8 Å². The first kappa shape index (κ1) is 9.34. The summed E-state index contributed by atoms with van der Waals surface area (Å²) in [6.07, 6.45) is 3.48. The lowest BCUT2D eigenvalue weighted by Gasteiger charge is -2.53. The van der Waals surface area contributed by atoms with Gasteiger partial charge in [-0.1, -0.05) is 18.2 Å². The van der Waals surface area contributed by atoms with Gasteiger partial charge in [-0.3, -0.25) is 0 Å². The molecule has 0 unspecified atom stereocenters. The summed E-state index contributed by atoms with van der Waals surface area (Å²) in [6, 6.07) is 7.19. The topological polar surface area (TPSA) is 12.0 Å². The standard InChI is InChI=1S/C13H16FN/c14-12-4-2-1-3-11(12)7-13-5-10(6-13)8-15-9-13/h1-4,10,15H,5-9H2. The van der Waals surface area contributed by atoms with Gasteiger partial charge in [0, 0.05) is 6.54 Å². The molecule has 15 heavy (non-hydrogen) atoms. The summed E-state index contributed by atoms with van der Waals surface area (Å²) in [5.74, 6) is 0.812. The van der Waals surface area contributed by atoms with E-state index in [1.165, 1.54) is 19.4 Å². The van der Waals surface area contributed by atoms with E-state index in [0.29, 0.717) is 5.41 Å². The highest BCUT2D eigenvalue weighted by atomic mass is 19.1. The van der Waals surface area contributed by atoms with Crippen LogP contribution in [-0.2, 0) is 6.42 Å². The Morgan fingerprint density at radius 3 is 2.80 bits per heavy atom. The van der Waals surface area contributed by atoms with Crippen LogP contribution in [0.4, 0.5) is 4.39 Å². The highest BCUT2D eigenvalue weighted by Crippen LogP contribution is 2.49. The van der Waals surface area contributed by atoms with Crippen LogP contribution < -0.4 is 5.32 Å². The van der Waals surface area contributed by atoms with Crippen LogP contribution in [0.15, 0.2) is 24.3 Å². The van der Waals surface area contributed by atoms with Crippen molar-refractivity contribution in [1.82, 2.24) is 5.32 Å². The van der Waals surface area contributed by atoms with Crippen LogP contribution in [0.1, 0.15) is 18.4 Å². The third kappa shape index (κ3) is 1.57. The van der Waals surface area contributed by atoms with Crippen LogP contribution in [0.25, 0.3) is 0 Å². The van der Waals surface area contributed by atoms with Crippen molar-refractivity contribution in [2.24, 2.45) is 11.3 Å². The zero-order chi connectivity index (χ0) is 10.3. The van der Waals surface area contributed by atoms with Crippen LogP contribution in [-0.4, -0.2) is 13.1 Å². The number of fused-ring (bicyclic) bond motifs is 2. The van der Waals surface area contributed by atoms with Crippen LogP contribution in [0.5, 0.6) is 0 Å². The van der Waals surface area contributed by atoms with Crippen molar-refractivity contribution in [2.45, 2.75) is 19.3 Å². The number of rotatable bonds is 2. The molecule has 1 aliphatic carbocycles. The van der Waals surface area contributed by atoms with Gasteiger partial charge in [0.25, 0.3) is 0 Å². The van der Waals surface area contributed by atoms with Gasteiger partial charge in [0.05, 0.1) is 0 Å². The predicted molar refractivity (Wildman–Crippen MR) is 58.1 cm³/mol. The molecule has 1 aromatic carbocycles. The zero-order valence-electron chi connectivity index (χ0n) is 8.80. The number of halogens is 1. The number of nitrogens with one attached hydrogen (secondary N) is 1. The Morgan fingerprint density at radius 1 is 1.33 bits per heavy atom. The molecule has 3 fully saturated rings. The van der Waals surface area contributed by atoms with Gasteiger partial charge in [-0.15, -0.1) is 0 Å². The Kier molecular flexibility index (Phi) is 2.06. The lowest BCUT2D eigenvalue weighted by atomic mass is 9.57. The second-order valence-corrected chi connectivity index (χ2v) is 5.17. The SMILES string of the molecule is Fc1ccccc1CC12CNCC(C1)C2. The Morgan fingerprint density at radius 2 is 2.13 bits per heavy atom. The number of piperidine rings is 2. The van der Waals surface area contributed by atoms with Gasteiger partial charge in [0.15, 0.2) is 0 Å². The van der Waals surface area contributed by atoms with E-state index in [4.69, 9.17) is 0 Å². The van der Waals surface area contributed by atoms with Gasteiger partial charge < -0.3 is 5.32 Å². The molecule has 4 rings (SSSR count). The van der Waals surface area contributed by atoms with Crippen molar-refractivity contribution in [3.05, 3.63) is 35.6 Å². The van der Waals surface area contributed by atoms with Crippen LogP contribution >= 0.6 is 0 Å². The van der Waals surface area contributed by atoms with E-state index in [1.807, 2.05) is 12.1 Å². The van der Waals surface area contributed by atoms with Crippen LogP contribution in [0, 0.1) is 17.2 Å². The van der Waals surface area contributed by atoms with E-state index >= 15 is 0 Å². The molecule has 0 aromatic heterocycles. The third-order valence-corrected chi connectivity index (χ3v) is 3.90. The second-order valence-electron chi connectivity index (χ2n) is 5.17. The van der Waals surface area contributed by atoms with Gasteiger partial charge in [0.2, 0.25) is 0 Å². The molecule has 0 radical (unpaired) electrons. The maximum absolute atomic E-state index is 13.5. The van der Waals surface area contributed by atoms with Crippen molar-refractivity contribution in [2.75, 3.05) is 13.1 Å². The smallest absolute Gasteiger partial charge is 0.126 e. The summed E-state index contributed by atoms with van der Waals surface area (Å²) in [5.41, 5.74) is 1.25. The minimum absolute atomic E-state index is 0.0408. The van der Waals surface area contributed by atoms with Gasteiger partial charge in [-0.25, -0.2) is 4.39 Å². The van der Waals surface area contributed by atoms with Crippen LogP contribution in [0.3, 0.4) is 0 Å². The number of hydrogen-bond acceptors (Lipinski definition) is 1. The Bertz CT molecular complexity index is 363. The second kappa shape index (κ2) is 3.31. The fraction of sp³-hybridized carbons (Fsp3) is 0.538. The molecular formula is C13H16FN. The van der Waals surface area contributed by atoms with Crippen molar-refractivity contribution in [1.29, 1.82) is 0 Å². The molecule has 2 heterocycles. The molecule has 2 bridgehead atoms. The molecule has 1 nitrogen and oxygen atoms in total. The van der Waals surface area contributed by atoms with Gasteiger partial charge in [-0.2, -0.15) is 0 Å². The minimum Gasteiger partial charge on any atom is -0.316 e. The van der Waals surface area contributed by atoms with E-state index in [0.717, 1.165) is 24.4 Å². The molecule has 1 saturated carbocycles. The first-order valence-electron chi connectivity index (χ1n) is 5.72. The highest BCUT2D eigenvalue weighted by Gasteiger charge is 2.46. The molecule has 80 valence electrons. The van der Waals surface area contributed by atoms with Crippen molar-refractivity contribution < 1.29 is 4.39 Å². The maximum atomic E-state index is 13.5. The van der Waals surface area contributed by atoms with Crippen molar-refractivity contribution in [3.63, 3.8) is 0 Å². The highest BCUT2D eigenvalue weighted by molar-refractivity contribution is 5.21. The monoisotopic (exact) mass is 205 g/mol. The molecule has 0 atom stereocenters. The first-order chi connectivity index (χ1) is 7.27. The maximum Gasteiger partial charge on any atom is 0.126 e. The first-order valence-corrected chi connectivity index (χ1v) is 5.72. The number of hydrogen-bond donors (Lipinski definition) is 1. The fourth-order valence-electron chi connectivity index (χ4n) is 3.25. The molecule has 0 amide bonds. The Labute approximate surface area is 89.7 Å². The average molecular weight is 205 g/mol. The predicted octanol–water partition coefficient (Wildman–Crippen LogP) is 2.37. The summed E-state index contributed by atoms with van der Waals surface area (Å²) in [4.78, 5) is 0. The van der Waals surface area contributed by atoms with Crippen molar-refractivity contribution >= 4 is 0 Å². The Hall–Kier alpha value is -0.890.